The van der Waals surface area contributed by atoms with E-state index < -0.39 is 0 Å². The lowest BCUT2D eigenvalue weighted by Crippen LogP contribution is -2.13. The van der Waals surface area contributed by atoms with E-state index in [1.807, 2.05) is 18.2 Å². The molecule has 1 heterocycles. The lowest BCUT2D eigenvalue weighted by atomic mass is 10.2. The van der Waals surface area contributed by atoms with Crippen LogP contribution in [0.4, 0.5) is 5.69 Å². The van der Waals surface area contributed by atoms with Gasteiger partial charge in [0.25, 0.3) is 5.91 Å². The van der Waals surface area contributed by atoms with Crippen LogP contribution in [0.2, 0.25) is 10.0 Å². The Morgan fingerprint density at radius 1 is 1.17 bits per heavy atom. The van der Waals surface area contributed by atoms with Gasteiger partial charge < -0.3 is 10.1 Å². The van der Waals surface area contributed by atoms with Gasteiger partial charge in [-0.15, -0.1) is 11.3 Å². The normalized spacial score (nSPS) is 10.5. The van der Waals surface area contributed by atoms with E-state index in [0.29, 0.717) is 32.2 Å². The molecule has 0 saturated heterocycles. The predicted octanol–water partition coefficient (Wildman–Crippen LogP) is 5.38. The standard InChI is InChI=1S/C17H12Cl2N2O2S/c1-23-15-5-3-2-4-13(15)20-16(22)14-9-24-17(21-14)10-6-7-11(18)12(19)8-10/h2-9H,1H3,(H,20,22). The first kappa shape index (κ1) is 16.8. The molecular formula is C17H12Cl2N2O2S. The number of rotatable bonds is 4. The van der Waals surface area contributed by atoms with Crippen molar-refractivity contribution in [3.05, 3.63) is 63.6 Å². The van der Waals surface area contributed by atoms with Crippen LogP contribution >= 0.6 is 34.5 Å². The SMILES string of the molecule is COc1ccccc1NC(=O)c1csc(-c2ccc(Cl)c(Cl)c2)n1. The third-order valence-corrected chi connectivity index (χ3v) is 4.89. The van der Waals surface area contributed by atoms with Gasteiger partial charge in [0.15, 0.2) is 0 Å². The molecule has 7 heteroatoms. The molecule has 0 bridgehead atoms. The molecule has 0 saturated carbocycles. The molecule has 0 aliphatic carbocycles. The molecule has 0 radical (unpaired) electrons. The van der Waals surface area contributed by atoms with Crippen LogP contribution in [0, 0.1) is 0 Å². The quantitative estimate of drug-likeness (QED) is 0.662. The maximum Gasteiger partial charge on any atom is 0.275 e. The summed E-state index contributed by atoms with van der Waals surface area (Å²) in [5.74, 6) is 0.285. The Morgan fingerprint density at radius 2 is 1.96 bits per heavy atom. The van der Waals surface area contributed by atoms with Gasteiger partial charge in [0, 0.05) is 10.9 Å². The van der Waals surface area contributed by atoms with E-state index in [1.165, 1.54) is 11.3 Å². The molecule has 1 amide bonds. The number of methoxy groups -OCH3 is 1. The molecule has 24 heavy (non-hydrogen) atoms. The number of carbonyl (C=O) groups is 1. The molecule has 3 aromatic rings. The topological polar surface area (TPSA) is 51.2 Å². The van der Waals surface area contributed by atoms with E-state index in [1.54, 1.807) is 36.8 Å². The van der Waals surface area contributed by atoms with Crippen LogP contribution in [0.25, 0.3) is 10.6 Å². The number of hydrogen-bond acceptors (Lipinski definition) is 4. The second-order valence-corrected chi connectivity index (χ2v) is 6.49. The van der Waals surface area contributed by atoms with Crippen molar-refractivity contribution in [2.75, 3.05) is 12.4 Å². The number of carbonyl (C=O) groups excluding carboxylic acids is 1. The van der Waals surface area contributed by atoms with E-state index >= 15 is 0 Å². The van der Waals surface area contributed by atoms with Crippen LogP contribution < -0.4 is 10.1 Å². The third-order valence-electron chi connectivity index (χ3n) is 3.26. The number of amides is 1. The summed E-state index contributed by atoms with van der Waals surface area (Å²) < 4.78 is 5.22. The maximum absolute atomic E-state index is 12.4. The smallest absolute Gasteiger partial charge is 0.275 e. The Kier molecular flexibility index (Phi) is 5.04. The third kappa shape index (κ3) is 3.53. The van der Waals surface area contributed by atoms with Crippen molar-refractivity contribution < 1.29 is 9.53 Å². The van der Waals surface area contributed by atoms with E-state index in [0.717, 1.165) is 5.56 Å². The summed E-state index contributed by atoms with van der Waals surface area (Å²) in [6.07, 6.45) is 0. The van der Waals surface area contributed by atoms with E-state index in [9.17, 15) is 4.79 Å². The minimum Gasteiger partial charge on any atom is -0.495 e. The number of nitrogens with one attached hydrogen (secondary N) is 1. The van der Waals surface area contributed by atoms with Crippen molar-refractivity contribution in [1.82, 2.24) is 4.98 Å². The molecule has 0 aliphatic heterocycles. The summed E-state index contributed by atoms with van der Waals surface area (Å²) in [5.41, 5.74) is 1.73. The molecule has 0 atom stereocenters. The van der Waals surface area contributed by atoms with E-state index in [-0.39, 0.29) is 5.91 Å². The van der Waals surface area contributed by atoms with Crippen LogP contribution in [0.5, 0.6) is 5.75 Å². The zero-order chi connectivity index (χ0) is 17.1. The second-order valence-electron chi connectivity index (χ2n) is 4.82. The number of anilines is 1. The number of ether oxygens (including phenoxy) is 1. The van der Waals surface area contributed by atoms with Gasteiger partial charge in [-0.3, -0.25) is 4.79 Å². The van der Waals surface area contributed by atoms with Crippen LogP contribution in [0.15, 0.2) is 47.8 Å². The monoisotopic (exact) mass is 378 g/mol. The summed E-state index contributed by atoms with van der Waals surface area (Å²) in [6, 6.07) is 12.4. The summed E-state index contributed by atoms with van der Waals surface area (Å²) in [6.45, 7) is 0. The number of halogens is 2. The van der Waals surface area contributed by atoms with Crippen molar-refractivity contribution in [2.24, 2.45) is 0 Å². The summed E-state index contributed by atoms with van der Waals surface area (Å²) in [5, 5.41) is 6.11. The first-order valence-corrected chi connectivity index (χ1v) is 8.57. The first-order chi connectivity index (χ1) is 11.6. The molecule has 0 aliphatic rings. The van der Waals surface area contributed by atoms with Gasteiger partial charge >= 0.3 is 0 Å². The fourth-order valence-electron chi connectivity index (χ4n) is 2.07. The Hall–Kier alpha value is -2.08. The number of para-hydroxylation sites is 2. The molecule has 1 aromatic heterocycles. The predicted molar refractivity (Wildman–Crippen MR) is 98.5 cm³/mol. The Bertz CT molecular complexity index is 896. The van der Waals surface area contributed by atoms with Gasteiger partial charge in [0.05, 0.1) is 22.8 Å². The van der Waals surface area contributed by atoms with E-state index in [4.69, 9.17) is 27.9 Å². The number of hydrogen-bond donors (Lipinski definition) is 1. The molecule has 0 spiro atoms. The molecule has 4 nitrogen and oxygen atoms in total. The average molecular weight is 379 g/mol. The van der Waals surface area contributed by atoms with Crippen LogP contribution in [-0.4, -0.2) is 18.0 Å². The van der Waals surface area contributed by atoms with Gasteiger partial charge in [-0.25, -0.2) is 4.98 Å². The second kappa shape index (κ2) is 7.21. The fourth-order valence-corrected chi connectivity index (χ4v) is 3.17. The van der Waals surface area contributed by atoms with Crippen molar-refractivity contribution in [3.63, 3.8) is 0 Å². The Morgan fingerprint density at radius 3 is 2.71 bits per heavy atom. The van der Waals surface area contributed by atoms with Crippen LogP contribution in [-0.2, 0) is 0 Å². The number of benzene rings is 2. The van der Waals surface area contributed by atoms with Crippen molar-refractivity contribution in [1.29, 1.82) is 0 Å². The molecular weight excluding hydrogens is 367 g/mol. The summed E-state index contributed by atoms with van der Waals surface area (Å²) >= 11 is 13.3. The number of nitrogens with zero attached hydrogens (tertiary/aromatic N) is 1. The lowest BCUT2D eigenvalue weighted by molar-refractivity contribution is 0.102. The molecule has 1 N–H and O–H groups in total. The lowest BCUT2D eigenvalue weighted by Gasteiger charge is -2.08. The highest BCUT2D eigenvalue weighted by Gasteiger charge is 2.14. The Balaban J connectivity index is 1.82. The van der Waals surface area contributed by atoms with Crippen LogP contribution in [0.3, 0.4) is 0 Å². The zero-order valence-electron chi connectivity index (χ0n) is 12.5. The van der Waals surface area contributed by atoms with Crippen molar-refractivity contribution >= 4 is 46.1 Å². The van der Waals surface area contributed by atoms with Crippen molar-refractivity contribution in [2.45, 2.75) is 0 Å². The van der Waals surface area contributed by atoms with Gasteiger partial charge in [-0.1, -0.05) is 41.4 Å². The molecule has 122 valence electrons. The summed E-state index contributed by atoms with van der Waals surface area (Å²) in [4.78, 5) is 16.7. The van der Waals surface area contributed by atoms with Crippen LogP contribution in [0.1, 0.15) is 10.5 Å². The van der Waals surface area contributed by atoms with Gasteiger partial charge in [0.1, 0.15) is 16.5 Å². The summed E-state index contributed by atoms with van der Waals surface area (Å²) in [7, 11) is 1.55. The van der Waals surface area contributed by atoms with Crippen molar-refractivity contribution in [3.8, 4) is 16.3 Å². The zero-order valence-corrected chi connectivity index (χ0v) is 14.9. The molecule has 0 fully saturated rings. The average Bonchev–Trinajstić information content (AvgIpc) is 3.08. The number of thiazole rings is 1. The highest BCUT2D eigenvalue weighted by Crippen LogP contribution is 2.31. The number of aromatic nitrogens is 1. The molecule has 3 rings (SSSR count). The van der Waals surface area contributed by atoms with Gasteiger partial charge in [0.2, 0.25) is 0 Å². The maximum atomic E-state index is 12.4. The fraction of sp³-hybridized carbons (Fsp3) is 0.0588. The highest BCUT2D eigenvalue weighted by molar-refractivity contribution is 7.13. The Labute approximate surface area is 153 Å². The largest absolute Gasteiger partial charge is 0.495 e. The van der Waals surface area contributed by atoms with Gasteiger partial charge in [-0.2, -0.15) is 0 Å². The minimum atomic E-state index is -0.304. The molecule has 2 aromatic carbocycles. The van der Waals surface area contributed by atoms with Gasteiger partial charge in [-0.05, 0) is 24.3 Å². The van der Waals surface area contributed by atoms with E-state index in [2.05, 4.69) is 10.3 Å². The minimum absolute atomic E-state index is 0.304. The highest BCUT2D eigenvalue weighted by atomic mass is 35.5. The first-order valence-electron chi connectivity index (χ1n) is 6.94. The molecule has 0 unspecified atom stereocenters.